The van der Waals surface area contributed by atoms with E-state index in [1.165, 1.54) is 0 Å². The maximum absolute atomic E-state index is 14.4. The molecule has 0 unspecified atom stereocenters. The molecule has 0 saturated carbocycles. The van der Waals surface area contributed by atoms with E-state index in [0.717, 1.165) is 32.3 Å². The van der Waals surface area contributed by atoms with Crippen LogP contribution in [0.25, 0.3) is 10.8 Å². The Bertz CT molecular complexity index is 2370. The molecular weight excluding hydrogens is 817 g/mol. The van der Waals surface area contributed by atoms with Crippen LogP contribution in [0.4, 0.5) is 0 Å². The molecule has 2 saturated heterocycles. The first-order chi connectivity index (χ1) is 30.8. The van der Waals surface area contributed by atoms with Gasteiger partial charge in [-0.2, -0.15) is 0 Å². The third-order valence-corrected chi connectivity index (χ3v) is 18.0. The van der Waals surface area contributed by atoms with Crippen molar-refractivity contribution in [3.8, 4) is 0 Å². The fourth-order valence-electron chi connectivity index (χ4n) is 9.50. The Morgan fingerprint density at radius 1 is 0.656 bits per heavy atom. The van der Waals surface area contributed by atoms with E-state index in [-0.39, 0.29) is 35.5 Å². The minimum Gasteiger partial charge on any atom is -0.398 e. The SMILES string of the molecule is C[C@H](O[Si](c1ccccc1)(c1ccccc1)C(C)(C)C)C(=O)CCCCC[C@@H]1NC(=O)[C@H]2CCCN2C(=O)[C@H](Cc2ccccc2)NC(=O)[C@H](Cc2ccc3ccccc3c2)NC1=O. The van der Waals surface area contributed by atoms with Crippen LogP contribution in [0.3, 0.4) is 0 Å². The van der Waals surface area contributed by atoms with E-state index in [9.17, 15) is 24.0 Å². The molecule has 5 aromatic rings. The van der Waals surface area contributed by atoms with Gasteiger partial charge < -0.3 is 25.3 Å². The van der Waals surface area contributed by atoms with Gasteiger partial charge in [-0.3, -0.25) is 24.0 Å². The van der Waals surface area contributed by atoms with Crippen molar-refractivity contribution in [2.45, 2.75) is 121 Å². The Kier molecular flexibility index (Phi) is 14.9. The molecule has 64 heavy (non-hydrogen) atoms. The standard InChI is InChI=1S/C53H62N4O6Si/c1-37(63-64(53(2,3)4,42-24-11-6-12-25-42)43-26-13-7-14-27-43)48(58)30-16-8-15-28-44-49(59)55-45(36-39-31-32-40-22-17-18-23-41(40)34-39)50(60)56-46(35-38-20-9-5-10-21-38)52(62)57-33-19-29-47(57)51(61)54-44/h5-7,9-14,17-18,20-27,31-32,34,37,44-47H,8,15-16,19,28-30,33,35-36H2,1-4H3,(H,54,61)(H,55,59)(H,56,60)/t37-,44-,45-,46-,47+/m0/s1. The molecule has 2 aliphatic heterocycles. The van der Waals surface area contributed by atoms with E-state index in [1.54, 1.807) is 4.90 Å². The van der Waals surface area contributed by atoms with Gasteiger partial charge >= 0.3 is 0 Å². The van der Waals surface area contributed by atoms with Crippen molar-refractivity contribution >= 4 is 58.9 Å². The fourth-order valence-corrected chi connectivity index (χ4v) is 14.2. The van der Waals surface area contributed by atoms with Gasteiger partial charge in [-0.25, -0.2) is 0 Å². The third kappa shape index (κ3) is 10.7. The molecule has 2 heterocycles. The number of hydrogen-bond acceptors (Lipinski definition) is 6. The highest BCUT2D eigenvalue weighted by molar-refractivity contribution is 6.99. The number of amides is 4. The van der Waals surface area contributed by atoms with Crippen LogP contribution >= 0.6 is 0 Å². The zero-order valence-corrected chi connectivity index (χ0v) is 38.6. The molecule has 0 aliphatic carbocycles. The molecule has 11 heteroatoms. The zero-order chi connectivity index (χ0) is 45.3. The summed E-state index contributed by atoms with van der Waals surface area (Å²) < 4.78 is 7.07. The number of hydrogen-bond donors (Lipinski definition) is 3. The van der Waals surface area contributed by atoms with Crippen LogP contribution in [0, 0.1) is 0 Å². The summed E-state index contributed by atoms with van der Waals surface area (Å²) in [6.07, 6.45) is 3.22. The summed E-state index contributed by atoms with van der Waals surface area (Å²) in [5, 5.41) is 13.0. The second-order valence-corrected chi connectivity index (χ2v) is 22.7. The minimum absolute atomic E-state index is 0.0177. The van der Waals surface area contributed by atoms with Gasteiger partial charge in [0.1, 0.15) is 30.3 Å². The quantitative estimate of drug-likeness (QED) is 0.0806. The Morgan fingerprint density at radius 3 is 1.88 bits per heavy atom. The van der Waals surface area contributed by atoms with Crippen molar-refractivity contribution < 1.29 is 28.4 Å². The molecule has 7 rings (SSSR count). The smallest absolute Gasteiger partial charge is 0.262 e. The first-order valence-electron chi connectivity index (χ1n) is 22.9. The molecule has 2 fully saturated rings. The van der Waals surface area contributed by atoms with Crippen molar-refractivity contribution in [2.75, 3.05) is 6.54 Å². The molecule has 5 atom stereocenters. The predicted molar refractivity (Wildman–Crippen MR) is 255 cm³/mol. The number of ketones is 1. The van der Waals surface area contributed by atoms with Gasteiger partial charge in [0, 0.05) is 25.8 Å². The van der Waals surface area contributed by atoms with Gasteiger partial charge in [0.25, 0.3) is 8.32 Å². The summed E-state index contributed by atoms with van der Waals surface area (Å²) >= 11 is 0. The number of carbonyl (C=O) groups is 5. The highest BCUT2D eigenvalue weighted by atomic mass is 28.4. The predicted octanol–water partition coefficient (Wildman–Crippen LogP) is 6.57. The third-order valence-electron chi connectivity index (χ3n) is 12.9. The molecule has 334 valence electrons. The van der Waals surface area contributed by atoms with Crippen molar-refractivity contribution in [1.29, 1.82) is 0 Å². The van der Waals surface area contributed by atoms with E-state index in [2.05, 4.69) is 61.0 Å². The number of Topliss-reactive ketones (excluding diaryl/α,β-unsaturated/α-hetero) is 1. The lowest BCUT2D eigenvalue weighted by molar-refractivity contribution is -0.143. The van der Waals surface area contributed by atoms with Crippen LogP contribution in [0.5, 0.6) is 0 Å². The second-order valence-electron chi connectivity index (χ2n) is 18.4. The number of benzene rings is 5. The summed E-state index contributed by atoms with van der Waals surface area (Å²) in [4.78, 5) is 72.5. The Hall–Kier alpha value is -5.91. The lowest BCUT2D eigenvalue weighted by atomic mass is 9.98. The molecule has 0 bridgehead atoms. The van der Waals surface area contributed by atoms with Crippen molar-refractivity contribution in [3.63, 3.8) is 0 Å². The first kappa shape index (κ1) is 46.1. The van der Waals surface area contributed by atoms with E-state index < -0.39 is 50.4 Å². The summed E-state index contributed by atoms with van der Waals surface area (Å²) in [7, 11) is -2.93. The Balaban J connectivity index is 1.06. The number of nitrogens with zero attached hydrogens (tertiary/aromatic N) is 1. The average molecular weight is 879 g/mol. The number of carbonyl (C=O) groups excluding carboxylic acids is 5. The lowest BCUT2D eigenvalue weighted by Gasteiger charge is -2.44. The molecule has 0 aromatic heterocycles. The topological polar surface area (TPSA) is 134 Å². The van der Waals surface area contributed by atoms with Crippen LogP contribution in [0.2, 0.25) is 5.04 Å². The highest BCUT2D eigenvalue weighted by Gasteiger charge is 2.51. The van der Waals surface area contributed by atoms with Crippen molar-refractivity contribution in [2.24, 2.45) is 0 Å². The van der Waals surface area contributed by atoms with Crippen LogP contribution < -0.4 is 26.3 Å². The fraction of sp³-hybridized carbons (Fsp3) is 0.377. The summed E-state index contributed by atoms with van der Waals surface area (Å²) in [5.74, 6) is -1.62. The van der Waals surface area contributed by atoms with Crippen molar-refractivity contribution in [1.82, 2.24) is 20.9 Å². The van der Waals surface area contributed by atoms with E-state index in [1.807, 2.05) is 116 Å². The van der Waals surface area contributed by atoms with Gasteiger partial charge in [-0.1, -0.05) is 167 Å². The number of unbranched alkanes of at least 4 members (excludes halogenated alkanes) is 2. The molecule has 4 amide bonds. The van der Waals surface area contributed by atoms with E-state index in [4.69, 9.17) is 4.43 Å². The van der Waals surface area contributed by atoms with Gasteiger partial charge in [0.2, 0.25) is 23.6 Å². The molecule has 0 spiro atoms. The zero-order valence-electron chi connectivity index (χ0n) is 37.6. The second kappa shape index (κ2) is 20.7. The van der Waals surface area contributed by atoms with Gasteiger partial charge in [0.05, 0.1) is 0 Å². The molecule has 2 aliphatic rings. The summed E-state index contributed by atoms with van der Waals surface area (Å²) in [6, 6.07) is 40.2. The van der Waals surface area contributed by atoms with Gasteiger partial charge in [-0.15, -0.1) is 0 Å². The van der Waals surface area contributed by atoms with Crippen LogP contribution in [-0.2, 0) is 41.2 Å². The molecular formula is C53H62N4O6Si. The summed E-state index contributed by atoms with van der Waals surface area (Å²) in [6.45, 7) is 8.81. The van der Waals surface area contributed by atoms with E-state index in [0.29, 0.717) is 51.5 Å². The molecule has 3 N–H and O–H groups in total. The maximum atomic E-state index is 14.4. The van der Waals surface area contributed by atoms with E-state index >= 15 is 0 Å². The summed E-state index contributed by atoms with van der Waals surface area (Å²) in [5.41, 5.74) is 1.71. The Morgan fingerprint density at radius 2 is 1.22 bits per heavy atom. The first-order valence-corrected chi connectivity index (χ1v) is 24.8. The largest absolute Gasteiger partial charge is 0.398 e. The Labute approximate surface area is 378 Å². The van der Waals surface area contributed by atoms with Gasteiger partial charge in [-0.05, 0) is 69.9 Å². The lowest BCUT2D eigenvalue weighted by Crippen LogP contribution is -2.68. The van der Waals surface area contributed by atoms with Crippen LogP contribution in [-0.4, -0.2) is 79.4 Å². The molecule has 5 aromatic carbocycles. The molecule has 0 radical (unpaired) electrons. The normalized spacial score (nSPS) is 20.3. The van der Waals surface area contributed by atoms with Gasteiger partial charge in [0.15, 0.2) is 5.78 Å². The minimum atomic E-state index is -2.93. The number of rotatable bonds is 15. The monoisotopic (exact) mass is 878 g/mol. The molecule has 10 nitrogen and oxygen atoms in total. The van der Waals surface area contributed by atoms with Crippen molar-refractivity contribution in [3.05, 3.63) is 145 Å². The average Bonchev–Trinajstić information content (AvgIpc) is 3.80. The van der Waals surface area contributed by atoms with Crippen LogP contribution in [0.15, 0.2) is 133 Å². The number of nitrogens with one attached hydrogen (secondary N) is 3. The highest BCUT2D eigenvalue weighted by Crippen LogP contribution is 2.38. The maximum Gasteiger partial charge on any atom is 0.262 e. The number of fused-ring (bicyclic) bond motifs is 2. The van der Waals surface area contributed by atoms with Crippen LogP contribution in [0.1, 0.15) is 83.8 Å².